The van der Waals surface area contributed by atoms with Gasteiger partial charge in [0.2, 0.25) is 0 Å². The van der Waals surface area contributed by atoms with Crippen LogP contribution in [-0.2, 0) is 13.1 Å². The van der Waals surface area contributed by atoms with E-state index >= 15 is 0 Å². The highest BCUT2D eigenvalue weighted by molar-refractivity contribution is 5.91. The molecule has 0 aliphatic heterocycles. The van der Waals surface area contributed by atoms with Gasteiger partial charge in [0.25, 0.3) is 11.1 Å². The van der Waals surface area contributed by atoms with Crippen molar-refractivity contribution in [2.24, 2.45) is 0 Å². The van der Waals surface area contributed by atoms with Crippen LogP contribution >= 0.6 is 0 Å². The van der Waals surface area contributed by atoms with Crippen molar-refractivity contribution < 1.29 is 0 Å². The number of nitrogens with zero attached hydrogens (tertiary/aromatic N) is 4. The molecule has 146 valence electrons. The third-order valence-electron chi connectivity index (χ3n) is 5.14. The van der Waals surface area contributed by atoms with Gasteiger partial charge in [-0.1, -0.05) is 36.4 Å². The van der Waals surface area contributed by atoms with Gasteiger partial charge in [-0.25, -0.2) is 4.98 Å². The van der Waals surface area contributed by atoms with E-state index in [1.54, 1.807) is 39.9 Å². The Bertz CT molecular complexity index is 1360. The van der Waals surface area contributed by atoms with Crippen molar-refractivity contribution in [1.82, 2.24) is 19.1 Å². The first-order valence-electron chi connectivity index (χ1n) is 9.66. The predicted molar refractivity (Wildman–Crippen MR) is 117 cm³/mol. The summed E-state index contributed by atoms with van der Waals surface area (Å²) < 4.78 is 3.23. The highest BCUT2D eigenvalue weighted by Crippen LogP contribution is 2.15. The van der Waals surface area contributed by atoms with Crippen LogP contribution in [-0.4, -0.2) is 19.1 Å². The zero-order chi connectivity index (χ0) is 20.5. The fourth-order valence-electron chi connectivity index (χ4n) is 3.60. The molecule has 5 rings (SSSR count). The Morgan fingerprint density at radius 2 is 1.33 bits per heavy atom. The van der Waals surface area contributed by atoms with Gasteiger partial charge in [0.1, 0.15) is 0 Å². The molecule has 0 atom stereocenters. The maximum absolute atomic E-state index is 13.1. The van der Waals surface area contributed by atoms with Gasteiger partial charge in [-0.3, -0.25) is 14.6 Å². The van der Waals surface area contributed by atoms with Crippen molar-refractivity contribution in [1.29, 1.82) is 0 Å². The first-order chi connectivity index (χ1) is 14.7. The van der Waals surface area contributed by atoms with Crippen LogP contribution in [0, 0.1) is 0 Å². The molecule has 5 aromatic rings. The minimum absolute atomic E-state index is 0.162. The second kappa shape index (κ2) is 7.40. The predicted octanol–water partition coefficient (Wildman–Crippen LogP) is 3.20. The smallest absolute Gasteiger partial charge is 0.260 e. The molecule has 0 saturated heterocycles. The summed E-state index contributed by atoms with van der Waals surface area (Å²) in [5.74, 6) is 0. The first kappa shape index (κ1) is 18.0. The number of rotatable bonds is 4. The summed E-state index contributed by atoms with van der Waals surface area (Å²) in [6, 6.07) is 20.7. The lowest BCUT2D eigenvalue weighted by molar-refractivity contribution is 0.746. The molecule has 0 aliphatic carbocycles. The van der Waals surface area contributed by atoms with E-state index in [4.69, 9.17) is 0 Å². The molecule has 6 heteroatoms. The van der Waals surface area contributed by atoms with Gasteiger partial charge in [0.15, 0.2) is 0 Å². The minimum atomic E-state index is -0.189. The van der Waals surface area contributed by atoms with Gasteiger partial charge in [-0.2, -0.15) is 0 Å². The van der Waals surface area contributed by atoms with Crippen LogP contribution in [0.1, 0.15) is 11.3 Å². The summed E-state index contributed by atoms with van der Waals surface area (Å²) in [6.07, 6.45) is 5.17. The van der Waals surface area contributed by atoms with E-state index < -0.39 is 0 Å². The monoisotopic (exact) mass is 394 g/mol. The lowest BCUT2D eigenvalue weighted by Gasteiger charge is -2.09. The molecular formula is C24H18N4O2. The second-order valence-corrected chi connectivity index (χ2v) is 7.16. The van der Waals surface area contributed by atoms with Crippen LogP contribution in [0.4, 0.5) is 0 Å². The van der Waals surface area contributed by atoms with Crippen LogP contribution in [0.3, 0.4) is 0 Å². The lowest BCUT2D eigenvalue weighted by Crippen LogP contribution is -2.23. The third kappa shape index (κ3) is 3.28. The van der Waals surface area contributed by atoms with E-state index in [1.807, 2.05) is 54.6 Å². The number of fused-ring (bicyclic) bond motifs is 2. The largest absolute Gasteiger partial charge is 0.310 e. The maximum atomic E-state index is 13.1. The Kier molecular flexibility index (Phi) is 4.44. The molecular weight excluding hydrogens is 376 g/mol. The van der Waals surface area contributed by atoms with Crippen molar-refractivity contribution in [3.8, 4) is 0 Å². The van der Waals surface area contributed by atoms with E-state index in [-0.39, 0.29) is 11.1 Å². The average molecular weight is 394 g/mol. The highest BCUT2D eigenvalue weighted by atomic mass is 16.1. The summed E-state index contributed by atoms with van der Waals surface area (Å²) >= 11 is 0. The molecule has 0 amide bonds. The molecule has 4 heterocycles. The third-order valence-corrected chi connectivity index (χ3v) is 5.14. The summed E-state index contributed by atoms with van der Waals surface area (Å²) in [6.45, 7) is 0.826. The topological polar surface area (TPSA) is 69.8 Å². The number of pyridine rings is 4. The van der Waals surface area contributed by atoms with Crippen LogP contribution in [0.5, 0.6) is 0 Å². The van der Waals surface area contributed by atoms with Crippen LogP contribution in [0.2, 0.25) is 0 Å². The molecule has 0 bridgehead atoms. The fourth-order valence-corrected chi connectivity index (χ4v) is 3.60. The fraction of sp³-hybridized carbons (Fsp3) is 0.0833. The SMILES string of the molecule is O=c1c2cc3c(=O)n(Cc4ccccn4)ccc3nc2ccn1Cc1ccccc1. The van der Waals surface area contributed by atoms with Gasteiger partial charge in [-0.15, -0.1) is 0 Å². The quantitative estimate of drug-likeness (QED) is 0.439. The van der Waals surface area contributed by atoms with Crippen molar-refractivity contribution in [3.63, 3.8) is 0 Å². The van der Waals surface area contributed by atoms with Crippen LogP contribution in [0.15, 0.2) is 94.9 Å². The van der Waals surface area contributed by atoms with E-state index in [1.165, 1.54) is 0 Å². The maximum Gasteiger partial charge on any atom is 0.260 e. The van der Waals surface area contributed by atoms with Crippen molar-refractivity contribution in [2.45, 2.75) is 13.1 Å². The van der Waals surface area contributed by atoms with Crippen LogP contribution in [0.25, 0.3) is 21.8 Å². The van der Waals surface area contributed by atoms with Crippen molar-refractivity contribution in [2.75, 3.05) is 0 Å². The van der Waals surface area contributed by atoms with Crippen LogP contribution < -0.4 is 11.1 Å². The number of hydrogen-bond donors (Lipinski definition) is 0. The Hall–Kier alpha value is -4.06. The van der Waals surface area contributed by atoms with Crippen molar-refractivity contribution in [3.05, 3.63) is 117 Å². The van der Waals surface area contributed by atoms with Gasteiger partial charge >= 0.3 is 0 Å². The number of aromatic nitrogens is 4. The van der Waals surface area contributed by atoms with Gasteiger partial charge in [-0.05, 0) is 35.9 Å². The molecule has 30 heavy (non-hydrogen) atoms. The van der Waals surface area contributed by atoms with E-state index in [9.17, 15) is 9.59 Å². The van der Waals surface area contributed by atoms with Crippen molar-refractivity contribution >= 4 is 21.8 Å². The molecule has 0 radical (unpaired) electrons. The van der Waals surface area contributed by atoms with E-state index in [0.717, 1.165) is 11.3 Å². The van der Waals surface area contributed by atoms with Gasteiger partial charge in [0, 0.05) is 18.6 Å². The molecule has 0 spiro atoms. The van der Waals surface area contributed by atoms with Gasteiger partial charge in [0.05, 0.1) is 40.6 Å². The molecule has 0 saturated carbocycles. The standard InChI is InChI=1S/C24H18N4O2/c29-23-19-14-20-22(10-13-28(24(20)30)16-18-8-4-5-11-25-18)26-21(19)9-12-27(23)15-17-6-2-1-3-7-17/h1-14H,15-16H2. The molecule has 0 unspecified atom stereocenters. The molecule has 1 aromatic carbocycles. The molecule has 0 fully saturated rings. The summed E-state index contributed by atoms with van der Waals surface area (Å²) in [5, 5.41) is 0.865. The molecule has 4 aromatic heterocycles. The number of hydrogen-bond acceptors (Lipinski definition) is 4. The summed E-state index contributed by atoms with van der Waals surface area (Å²) in [5.41, 5.74) is 2.63. The zero-order valence-electron chi connectivity index (χ0n) is 16.1. The lowest BCUT2D eigenvalue weighted by atomic mass is 10.1. The molecule has 6 nitrogen and oxygen atoms in total. The Balaban J connectivity index is 1.62. The first-order valence-corrected chi connectivity index (χ1v) is 9.66. The minimum Gasteiger partial charge on any atom is -0.310 e. The molecule has 0 aliphatic rings. The summed E-state index contributed by atoms with van der Waals surface area (Å²) in [7, 11) is 0. The average Bonchev–Trinajstić information content (AvgIpc) is 2.78. The summed E-state index contributed by atoms with van der Waals surface area (Å²) in [4.78, 5) is 35.0. The number of benzene rings is 1. The van der Waals surface area contributed by atoms with E-state index in [2.05, 4.69) is 9.97 Å². The van der Waals surface area contributed by atoms with Gasteiger partial charge < -0.3 is 9.13 Å². The Labute approximate surface area is 171 Å². The van der Waals surface area contributed by atoms with E-state index in [0.29, 0.717) is 34.9 Å². The normalized spacial score (nSPS) is 11.2. The second-order valence-electron chi connectivity index (χ2n) is 7.16. The Morgan fingerprint density at radius 3 is 1.97 bits per heavy atom. The highest BCUT2D eigenvalue weighted by Gasteiger charge is 2.10. The zero-order valence-corrected chi connectivity index (χ0v) is 16.1. The Morgan fingerprint density at radius 1 is 0.700 bits per heavy atom. The molecule has 0 N–H and O–H groups in total.